The molecule has 0 N–H and O–H groups in total. The molecule has 1 aromatic heterocycles. The fourth-order valence-corrected chi connectivity index (χ4v) is 2.90. The van der Waals surface area contributed by atoms with Crippen molar-refractivity contribution >= 4 is 45.2 Å². The zero-order valence-corrected chi connectivity index (χ0v) is 15.5. The van der Waals surface area contributed by atoms with Gasteiger partial charge in [0.05, 0.1) is 17.6 Å². The van der Waals surface area contributed by atoms with E-state index in [9.17, 15) is 0 Å². The second-order valence-corrected chi connectivity index (χ2v) is 7.17. The van der Waals surface area contributed by atoms with Crippen LogP contribution in [0.3, 0.4) is 0 Å². The van der Waals surface area contributed by atoms with Crippen molar-refractivity contribution in [3.8, 4) is 0 Å². The van der Waals surface area contributed by atoms with E-state index in [1.165, 1.54) is 9.09 Å². The van der Waals surface area contributed by atoms with E-state index >= 15 is 0 Å². The Morgan fingerprint density at radius 2 is 2.14 bits per heavy atom. The highest BCUT2D eigenvalue weighted by atomic mass is 127. The molecule has 0 amide bonds. The first-order chi connectivity index (χ1) is 10.1. The molecular formula is C16H22ClIN2O. The first kappa shape index (κ1) is 17.0. The third-order valence-electron chi connectivity index (χ3n) is 3.41. The van der Waals surface area contributed by atoms with E-state index in [0.717, 1.165) is 43.9 Å². The monoisotopic (exact) mass is 420 g/mol. The molecule has 5 heteroatoms. The molecule has 0 aliphatic rings. The van der Waals surface area contributed by atoms with Gasteiger partial charge in [-0.25, -0.2) is 4.98 Å². The van der Waals surface area contributed by atoms with Crippen molar-refractivity contribution in [2.45, 2.75) is 33.2 Å². The van der Waals surface area contributed by atoms with Crippen LogP contribution in [-0.2, 0) is 17.7 Å². The number of halogens is 2. The minimum absolute atomic E-state index is 0.592. The molecule has 2 aromatic rings. The lowest BCUT2D eigenvalue weighted by Gasteiger charge is -2.10. The van der Waals surface area contributed by atoms with E-state index in [4.69, 9.17) is 21.3 Å². The predicted molar refractivity (Wildman–Crippen MR) is 97.1 cm³/mol. The van der Waals surface area contributed by atoms with Crippen LogP contribution in [0.2, 0.25) is 0 Å². The zero-order chi connectivity index (χ0) is 15.2. The third-order valence-corrected chi connectivity index (χ3v) is 4.27. The number of rotatable bonds is 8. The maximum Gasteiger partial charge on any atom is 0.111 e. The fraction of sp³-hybridized carbons (Fsp3) is 0.562. The lowest BCUT2D eigenvalue weighted by Crippen LogP contribution is -2.11. The Hall–Kier alpha value is -0.330. The number of ether oxygens (including phenoxy) is 1. The molecule has 0 saturated heterocycles. The molecule has 1 aromatic carbocycles. The van der Waals surface area contributed by atoms with Crippen molar-refractivity contribution in [1.29, 1.82) is 0 Å². The van der Waals surface area contributed by atoms with Crippen LogP contribution in [0.1, 0.15) is 26.1 Å². The van der Waals surface area contributed by atoms with Gasteiger partial charge in [-0.15, -0.1) is 11.6 Å². The highest BCUT2D eigenvalue weighted by molar-refractivity contribution is 14.1. The molecule has 116 valence electrons. The molecular weight excluding hydrogens is 399 g/mol. The normalized spacial score (nSPS) is 11.7. The Bertz CT molecular complexity index is 583. The van der Waals surface area contributed by atoms with Crippen LogP contribution in [0, 0.1) is 9.49 Å². The summed E-state index contributed by atoms with van der Waals surface area (Å²) in [6, 6.07) is 6.37. The fourth-order valence-electron chi connectivity index (χ4n) is 2.25. The van der Waals surface area contributed by atoms with E-state index in [2.05, 4.69) is 59.2 Å². The molecule has 0 spiro atoms. The minimum Gasteiger partial charge on any atom is -0.380 e. The molecule has 3 nitrogen and oxygen atoms in total. The summed E-state index contributed by atoms with van der Waals surface area (Å²) in [5.74, 6) is 2.33. The largest absolute Gasteiger partial charge is 0.380 e. The van der Waals surface area contributed by atoms with Crippen molar-refractivity contribution in [2.24, 2.45) is 5.92 Å². The summed E-state index contributed by atoms with van der Waals surface area (Å²) in [5, 5.41) is 0. The van der Waals surface area contributed by atoms with E-state index in [0.29, 0.717) is 11.8 Å². The van der Waals surface area contributed by atoms with E-state index < -0.39 is 0 Å². The standard InChI is InChI=1S/C16H22ClIN2O/c1-12(2)6-9-21-10-8-20-15-4-3-13(18)11-14(15)19-16(20)5-7-17/h3-4,11-12H,5-10H2,1-2H3. The Morgan fingerprint density at radius 1 is 1.33 bits per heavy atom. The molecule has 0 aliphatic heterocycles. The number of nitrogens with zero attached hydrogens (tertiary/aromatic N) is 2. The van der Waals surface area contributed by atoms with E-state index in [-0.39, 0.29) is 0 Å². The van der Waals surface area contributed by atoms with Crippen LogP contribution in [0.5, 0.6) is 0 Å². The molecule has 0 aliphatic carbocycles. The SMILES string of the molecule is CC(C)CCOCCn1c(CCCl)nc2cc(I)ccc21. The van der Waals surface area contributed by atoms with Gasteiger partial charge in [0.1, 0.15) is 5.82 Å². The summed E-state index contributed by atoms with van der Waals surface area (Å²) in [6.07, 6.45) is 1.90. The molecule has 0 bridgehead atoms. The summed E-state index contributed by atoms with van der Waals surface area (Å²) >= 11 is 8.22. The van der Waals surface area contributed by atoms with Crippen molar-refractivity contribution in [3.63, 3.8) is 0 Å². The number of hydrogen-bond donors (Lipinski definition) is 0. The lowest BCUT2D eigenvalue weighted by atomic mass is 10.1. The van der Waals surface area contributed by atoms with Crippen molar-refractivity contribution in [3.05, 3.63) is 27.6 Å². The summed E-state index contributed by atoms with van der Waals surface area (Å²) in [5.41, 5.74) is 2.21. The van der Waals surface area contributed by atoms with Gasteiger partial charge in [0.2, 0.25) is 0 Å². The van der Waals surface area contributed by atoms with Gasteiger partial charge in [-0.2, -0.15) is 0 Å². The van der Waals surface area contributed by atoms with Gasteiger partial charge < -0.3 is 9.30 Å². The highest BCUT2D eigenvalue weighted by Crippen LogP contribution is 2.19. The Kier molecular flexibility index (Phi) is 6.76. The molecule has 0 radical (unpaired) electrons. The quantitative estimate of drug-likeness (QED) is 0.357. The van der Waals surface area contributed by atoms with Gasteiger partial charge in [-0.3, -0.25) is 0 Å². The topological polar surface area (TPSA) is 27.1 Å². The second-order valence-electron chi connectivity index (χ2n) is 5.55. The Balaban J connectivity index is 2.07. The Morgan fingerprint density at radius 3 is 2.86 bits per heavy atom. The van der Waals surface area contributed by atoms with Gasteiger partial charge >= 0.3 is 0 Å². The van der Waals surface area contributed by atoms with Crippen LogP contribution in [0.25, 0.3) is 11.0 Å². The van der Waals surface area contributed by atoms with Gasteiger partial charge in [-0.05, 0) is 53.1 Å². The number of fused-ring (bicyclic) bond motifs is 1. The zero-order valence-electron chi connectivity index (χ0n) is 12.6. The Labute approximate surface area is 145 Å². The molecule has 1 heterocycles. The summed E-state index contributed by atoms with van der Waals surface area (Å²) in [7, 11) is 0. The molecule has 0 unspecified atom stereocenters. The minimum atomic E-state index is 0.592. The van der Waals surface area contributed by atoms with Crippen LogP contribution in [0.15, 0.2) is 18.2 Å². The van der Waals surface area contributed by atoms with Gasteiger partial charge in [-0.1, -0.05) is 13.8 Å². The number of aromatic nitrogens is 2. The number of imidazole rings is 1. The van der Waals surface area contributed by atoms with Crippen LogP contribution in [-0.4, -0.2) is 28.6 Å². The first-order valence-corrected chi connectivity index (χ1v) is 9.01. The highest BCUT2D eigenvalue weighted by Gasteiger charge is 2.10. The smallest absolute Gasteiger partial charge is 0.111 e. The van der Waals surface area contributed by atoms with E-state index in [1.807, 2.05) is 0 Å². The second kappa shape index (κ2) is 8.34. The molecule has 0 atom stereocenters. The summed E-state index contributed by atoms with van der Waals surface area (Å²) in [6.45, 7) is 6.81. The lowest BCUT2D eigenvalue weighted by molar-refractivity contribution is 0.116. The first-order valence-electron chi connectivity index (χ1n) is 7.40. The van der Waals surface area contributed by atoms with Gasteiger partial charge in [0.15, 0.2) is 0 Å². The number of hydrogen-bond acceptors (Lipinski definition) is 2. The maximum atomic E-state index is 5.90. The van der Waals surface area contributed by atoms with Crippen molar-refractivity contribution in [2.75, 3.05) is 19.1 Å². The molecule has 0 fully saturated rings. The molecule has 2 rings (SSSR count). The number of alkyl halides is 1. The molecule has 21 heavy (non-hydrogen) atoms. The van der Waals surface area contributed by atoms with E-state index in [1.54, 1.807) is 0 Å². The van der Waals surface area contributed by atoms with Crippen LogP contribution in [0.4, 0.5) is 0 Å². The van der Waals surface area contributed by atoms with Crippen molar-refractivity contribution in [1.82, 2.24) is 9.55 Å². The predicted octanol–water partition coefficient (Wildman–Crippen LogP) is 4.48. The van der Waals surface area contributed by atoms with Crippen LogP contribution >= 0.6 is 34.2 Å². The number of benzene rings is 1. The third kappa shape index (κ3) is 4.83. The summed E-state index contributed by atoms with van der Waals surface area (Å²) < 4.78 is 9.18. The average Bonchev–Trinajstić information content (AvgIpc) is 2.75. The summed E-state index contributed by atoms with van der Waals surface area (Å²) in [4.78, 5) is 4.71. The molecule has 0 saturated carbocycles. The number of aryl methyl sites for hydroxylation is 1. The van der Waals surface area contributed by atoms with Crippen LogP contribution < -0.4 is 0 Å². The van der Waals surface area contributed by atoms with Gasteiger partial charge in [0, 0.05) is 29.0 Å². The maximum absolute atomic E-state index is 5.90. The van der Waals surface area contributed by atoms with Gasteiger partial charge in [0.25, 0.3) is 0 Å². The average molecular weight is 421 g/mol. The van der Waals surface area contributed by atoms with Crippen molar-refractivity contribution < 1.29 is 4.74 Å².